The maximum atomic E-state index is 12.7. The summed E-state index contributed by atoms with van der Waals surface area (Å²) in [4.78, 5) is 14.3. The Morgan fingerprint density at radius 3 is 2.65 bits per heavy atom. The fourth-order valence-electron chi connectivity index (χ4n) is 2.79. The van der Waals surface area contributed by atoms with Gasteiger partial charge in [-0.15, -0.1) is 0 Å². The third-order valence-corrected chi connectivity index (χ3v) is 5.43. The summed E-state index contributed by atoms with van der Waals surface area (Å²) in [5.74, 6) is -0.123. The Bertz CT molecular complexity index is 924. The van der Waals surface area contributed by atoms with Crippen molar-refractivity contribution in [3.05, 3.63) is 51.8 Å². The highest BCUT2D eigenvalue weighted by Gasteiger charge is 2.17. The van der Waals surface area contributed by atoms with E-state index in [-0.39, 0.29) is 5.91 Å². The molecule has 138 valence electrons. The molecule has 3 rings (SSSR count). The van der Waals surface area contributed by atoms with E-state index in [1.165, 1.54) is 0 Å². The first-order valence-corrected chi connectivity index (χ1v) is 9.19. The number of hydrogen-bond acceptors (Lipinski definition) is 4. The second kappa shape index (κ2) is 7.45. The number of rotatable bonds is 6. The largest absolute Gasteiger partial charge is 0.334 e. The van der Waals surface area contributed by atoms with E-state index < -0.39 is 0 Å². The Hall–Kier alpha value is -2.42. The highest BCUT2D eigenvalue weighted by Crippen LogP contribution is 2.19. The molecule has 0 aromatic carbocycles. The highest BCUT2D eigenvalue weighted by molar-refractivity contribution is 9.10. The van der Waals surface area contributed by atoms with Crippen LogP contribution in [0.5, 0.6) is 0 Å². The molecule has 0 N–H and O–H groups in total. The number of nitrogens with zero attached hydrogens (tertiary/aromatic N) is 7. The number of halogens is 1. The van der Waals surface area contributed by atoms with Gasteiger partial charge in [0.25, 0.3) is 5.91 Å². The molecular formula is C17H22BrN7O. The SMILES string of the molecule is CCn1nccc1CN(C)C(=O)c1ccn(Cn2nc(C)c(Br)c2C)n1. The minimum absolute atomic E-state index is 0.123. The van der Waals surface area contributed by atoms with Crippen LogP contribution in [0.1, 0.15) is 34.5 Å². The maximum absolute atomic E-state index is 12.7. The summed E-state index contributed by atoms with van der Waals surface area (Å²) in [6.45, 7) is 7.68. The van der Waals surface area contributed by atoms with Crippen molar-refractivity contribution in [2.45, 2.75) is 40.5 Å². The van der Waals surface area contributed by atoms with Crippen LogP contribution in [0.2, 0.25) is 0 Å². The van der Waals surface area contributed by atoms with E-state index in [2.05, 4.69) is 31.2 Å². The fraction of sp³-hybridized carbons (Fsp3) is 0.412. The number of carbonyl (C=O) groups is 1. The first kappa shape index (κ1) is 18.4. The topological polar surface area (TPSA) is 73.8 Å². The van der Waals surface area contributed by atoms with Crippen LogP contribution in [0.15, 0.2) is 29.0 Å². The van der Waals surface area contributed by atoms with Gasteiger partial charge >= 0.3 is 0 Å². The van der Waals surface area contributed by atoms with Gasteiger partial charge in [-0.3, -0.25) is 14.2 Å². The van der Waals surface area contributed by atoms with Crippen molar-refractivity contribution in [3.8, 4) is 0 Å². The molecular weight excluding hydrogens is 398 g/mol. The van der Waals surface area contributed by atoms with Crippen LogP contribution in [0.4, 0.5) is 0 Å². The molecule has 0 saturated heterocycles. The van der Waals surface area contributed by atoms with Crippen molar-refractivity contribution in [3.63, 3.8) is 0 Å². The lowest BCUT2D eigenvalue weighted by atomic mass is 10.3. The molecule has 0 saturated carbocycles. The van der Waals surface area contributed by atoms with Crippen LogP contribution >= 0.6 is 15.9 Å². The smallest absolute Gasteiger partial charge is 0.274 e. The Morgan fingerprint density at radius 1 is 1.23 bits per heavy atom. The van der Waals surface area contributed by atoms with E-state index in [4.69, 9.17) is 0 Å². The van der Waals surface area contributed by atoms with E-state index >= 15 is 0 Å². The first-order chi connectivity index (χ1) is 12.4. The van der Waals surface area contributed by atoms with Gasteiger partial charge in [0.15, 0.2) is 0 Å². The van der Waals surface area contributed by atoms with Gasteiger partial charge < -0.3 is 4.90 Å². The lowest BCUT2D eigenvalue weighted by Gasteiger charge is -2.16. The Labute approximate surface area is 160 Å². The fourth-order valence-corrected chi connectivity index (χ4v) is 3.08. The van der Waals surface area contributed by atoms with Crippen molar-refractivity contribution >= 4 is 21.8 Å². The van der Waals surface area contributed by atoms with E-state index in [1.54, 1.807) is 35.1 Å². The molecule has 3 heterocycles. The molecule has 3 aromatic rings. The Kier molecular flexibility index (Phi) is 5.26. The molecule has 1 amide bonds. The molecule has 0 aliphatic heterocycles. The van der Waals surface area contributed by atoms with Gasteiger partial charge in [-0.05, 0) is 48.8 Å². The third kappa shape index (κ3) is 3.57. The zero-order valence-corrected chi connectivity index (χ0v) is 16.9. The summed E-state index contributed by atoms with van der Waals surface area (Å²) in [5.41, 5.74) is 3.36. The second-order valence-electron chi connectivity index (χ2n) is 6.17. The summed E-state index contributed by atoms with van der Waals surface area (Å²) in [5, 5.41) is 13.1. The summed E-state index contributed by atoms with van der Waals surface area (Å²) in [6.07, 6.45) is 3.54. The molecule has 8 nitrogen and oxygen atoms in total. The van der Waals surface area contributed by atoms with Crippen LogP contribution in [0, 0.1) is 13.8 Å². The normalized spacial score (nSPS) is 11.1. The Morgan fingerprint density at radius 2 is 2.00 bits per heavy atom. The molecule has 26 heavy (non-hydrogen) atoms. The predicted octanol–water partition coefficient (Wildman–Crippen LogP) is 2.45. The van der Waals surface area contributed by atoms with Crippen molar-refractivity contribution in [2.24, 2.45) is 0 Å². The van der Waals surface area contributed by atoms with Gasteiger partial charge in [-0.25, -0.2) is 4.68 Å². The molecule has 0 atom stereocenters. The predicted molar refractivity (Wildman–Crippen MR) is 101 cm³/mol. The summed E-state index contributed by atoms with van der Waals surface area (Å²) < 4.78 is 6.43. The van der Waals surface area contributed by atoms with Crippen LogP contribution in [-0.4, -0.2) is 47.2 Å². The number of amides is 1. The van der Waals surface area contributed by atoms with Gasteiger partial charge in [0.1, 0.15) is 12.4 Å². The second-order valence-corrected chi connectivity index (χ2v) is 6.96. The summed E-state index contributed by atoms with van der Waals surface area (Å²) >= 11 is 3.52. The molecule has 0 bridgehead atoms. The van der Waals surface area contributed by atoms with Crippen molar-refractivity contribution in [1.82, 2.24) is 34.2 Å². The maximum Gasteiger partial charge on any atom is 0.274 e. The molecule has 0 radical (unpaired) electrons. The van der Waals surface area contributed by atoms with Gasteiger partial charge in [0.2, 0.25) is 0 Å². The van der Waals surface area contributed by atoms with E-state index in [9.17, 15) is 4.79 Å². The summed E-state index contributed by atoms with van der Waals surface area (Å²) in [6, 6.07) is 3.66. The highest BCUT2D eigenvalue weighted by atomic mass is 79.9. The van der Waals surface area contributed by atoms with E-state index in [1.807, 2.05) is 36.2 Å². The number of aryl methyl sites for hydroxylation is 2. The zero-order chi connectivity index (χ0) is 18.8. The number of hydrogen-bond donors (Lipinski definition) is 0. The van der Waals surface area contributed by atoms with Gasteiger partial charge in [0, 0.05) is 26.0 Å². The quantitative estimate of drug-likeness (QED) is 0.614. The molecule has 9 heteroatoms. The van der Waals surface area contributed by atoms with Crippen LogP contribution in [0.3, 0.4) is 0 Å². The molecule has 0 unspecified atom stereocenters. The van der Waals surface area contributed by atoms with Gasteiger partial charge in [0.05, 0.1) is 28.1 Å². The van der Waals surface area contributed by atoms with Crippen molar-refractivity contribution in [1.29, 1.82) is 0 Å². The number of aromatic nitrogens is 6. The molecule has 0 aliphatic carbocycles. The molecule has 0 fully saturated rings. The lowest BCUT2D eigenvalue weighted by Crippen LogP contribution is -2.28. The lowest BCUT2D eigenvalue weighted by molar-refractivity contribution is 0.0774. The molecule has 3 aromatic heterocycles. The van der Waals surface area contributed by atoms with Crippen LogP contribution < -0.4 is 0 Å². The van der Waals surface area contributed by atoms with Gasteiger partial charge in [-0.1, -0.05) is 0 Å². The van der Waals surface area contributed by atoms with E-state index in [0.29, 0.717) is 18.9 Å². The number of carbonyl (C=O) groups excluding carboxylic acids is 1. The monoisotopic (exact) mass is 419 g/mol. The Balaban J connectivity index is 1.70. The standard InChI is InChI=1S/C17H22BrN7O/c1-5-24-14(6-8-19-24)10-22(4)17(26)15-7-9-23(21-15)11-25-13(3)16(18)12(2)20-25/h6-9H,5,10-11H2,1-4H3. The van der Waals surface area contributed by atoms with Crippen molar-refractivity contribution < 1.29 is 4.79 Å². The first-order valence-electron chi connectivity index (χ1n) is 8.39. The van der Waals surface area contributed by atoms with E-state index in [0.717, 1.165) is 28.1 Å². The average Bonchev–Trinajstić information content (AvgIpc) is 3.32. The van der Waals surface area contributed by atoms with Crippen LogP contribution in [0.25, 0.3) is 0 Å². The third-order valence-electron chi connectivity index (χ3n) is 4.28. The van der Waals surface area contributed by atoms with Crippen LogP contribution in [-0.2, 0) is 19.8 Å². The zero-order valence-electron chi connectivity index (χ0n) is 15.3. The van der Waals surface area contributed by atoms with Gasteiger partial charge in [-0.2, -0.15) is 15.3 Å². The van der Waals surface area contributed by atoms with Crippen molar-refractivity contribution in [2.75, 3.05) is 7.05 Å². The molecule has 0 aliphatic rings. The summed E-state index contributed by atoms with van der Waals surface area (Å²) in [7, 11) is 1.77. The minimum Gasteiger partial charge on any atom is -0.334 e. The average molecular weight is 420 g/mol. The molecule has 0 spiro atoms. The minimum atomic E-state index is -0.123.